The molecule has 0 radical (unpaired) electrons. The second-order valence-corrected chi connectivity index (χ2v) is 3.32. The number of rotatable bonds is 3. The number of nitrogens with zero attached hydrogens (tertiary/aromatic N) is 2. The summed E-state index contributed by atoms with van der Waals surface area (Å²) in [5.74, 6) is 0.859. The van der Waals surface area contributed by atoms with Gasteiger partial charge >= 0.3 is 0 Å². The van der Waals surface area contributed by atoms with E-state index in [-0.39, 0.29) is 5.91 Å². The fourth-order valence-corrected chi connectivity index (χ4v) is 1.49. The van der Waals surface area contributed by atoms with Crippen LogP contribution in [0.15, 0.2) is 36.7 Å². The molecule has 0 saturated heterocycles. The summed E-state index contributed by atoms with van der Waals surface area (Å²) in [6, 6.07) is 6.71. The maximum Gasteiger partial charge on any atom is 0.281 e. The van der Waals surface area contributed by atoms with Crippen LogP contribution in [0.5, 0.6) is 11.5 Å². The Morgan fingerprint density at radius 3 is 2.71 bits per heavy atom. The minimum Gasteiger partial charge on any atom is -0.497 e. The molecule has 1 aromatic heterocycles. The number of carbonyl (C=O) groups is 1. The number of benzene rings is 1. The molecule has 2 rings (SSSR count). The van der Waals surface area contributed by atoms with E-state index in [4.69, 9.17) is 9.47 Å². The lowest BCUT2D eigenvalue weighted by molar-refractivity contribution is 0.0942. The van der Waals surface area contributed by atoms with E-state index in [0.29, 0.717) is 17.1 Å². The third-order valence-corrected chi connectivity index (χ3v) is 2.35. The summed E-state index contributed by atoms with van der Waals surface area (Å²) in [5, 5.41) is 3.89. The van der Waals surface area contributed by atoms with Crippen LogP contribution in [0.3, 0.4) is 0 Å². The lowest BCUT2D eigenvalue weighted by atomic mass is 10.2. The number of hydrogen-bond donors (Lipinski definition) is 0. The molecule has 0 spiro atoms. The molecule has 17 heavy (non-hydrogen) atoms. The van der Waals surface area contributed by atoms with Crippen LogP contribution < -0.4 is 9.47 Å². The van der Waals surface area contributed by atoms with Gasteiger partial charge in [0.05, 0.1) is 19.8 Å². The highest BCUT2D eigenvalue weighted by atomic mass is 16.5. The molecule has 1 aromatic carbocycles. The van der Waals surface area contributed by atoms with Crippen molar-refractivity contribution in [3.63, 3.8) is 0 Å². The van der Waals surface area contributed by atoms with Gasteiger partial charge in [-0.3, -0.25) is 4.79 Å². The number of aromatic nitrogens is 2. The Balaban J connectivity index is 2.41. The Hall–Kier alpha value is -2.30. The molecule has 0 saturated carbocycles. The van der Waals surface area contributed by atoms with Crippen molar-refractivity contribution in [2.75, 3.05) is 14.2 Å². The van der Waals surface area contributed by atoms with E-state index in [9.17, 15) is 4.79 Å². The molecule has 88 valence electrons. The molecule has 0 aliphatic carbocycles. The smallest absolute Gasteiger partial charge is 0.281 e. The Kier molecular flexibility index (Phi) is 3.09. The molecule has 0 bridgehead atoms. The Morgan fingerprint density at radius 1 is 1.29 bits per heavy atom. The topological polar surface area (TPSA) is 53.4 Å². The standard InChI is InChI=1S/C12H12N2O3/c1-16-9-4-5-10(11(8-9)17-2)12(15)14-7-3-6-13-14/h3-8H,1-2H3. The first-order chi connectivity index (χ1) is 8.26. The molecule has 0 atom stereocenters. The van der Waals surface area contributed by atoms with Crippen molar-refractivity contribution >= 4 is 5.91 Å². The SMILES string of the molecule is COc1ccc(C(=O)n2cccn2)c(OC)c1. The summed E-state index contributed by atoms with van der Waals surface area (Å²) in [6.07, 6.45) is 3.14. The first kappa shape index (κ1) is 11.2. The van der Waals surface area contributed by atoms with Crippen LogP contribution >= 0.6 is 0 Å². The largest absolute Gasteiger partial charge is 0.497 e. The third-order valence-electron chi connectivity index (χ3n) is 2.35. The van der Waals surface area contributed by atoms with Gasteiger partial charge in [-0.25, -0.2) is 4.68 Å². The van der Waals surface area contributed by atoms with Gasteiger partial charge < -0.3 is 9.47 Å². The first-order valence-corrected chi connectivity index (χ1v) is 5.02. The zero-order valence-corrected chi connectivity index (χ0v) is 9.58. The van der Waals surface area contributed by atoms with E-state index >= 15 is 0 Å². The summed E-state index contributed by atoms with van der Waals surface area (Å²) >= 11 is 0. The van der Waals surface area contributed by atoms with Crippen molar-refractivity contribution in [1.82, 2.24) is 9.78 Å². The normalized spacial score (nSPS) is 10.0. The van der Waals surface area contributed by atoms with Gasteiger partial charge in [0.25, 0.3) is 5.91 Å². The van der Waals surface area contributed by atoms with Gasteiger partial charge in [0.2, 0.25) is 0 Å². The van der Waals surface area contributed by atoms with Crippen LogP contribution in [0.1, 0.15) is 10.4 Å². The summed E-state index contributed by atoms with van der Waals surface area (Å²) in [5.41, 5.74) is 0.442. The van der Waals surface area contributed by atoms with E-state index in [1.54, 1.807) is 43.8 Å². The average molecular weight is 232 g/mol. The zero-order chi connectivity index (χ0) is 12.3. The molecule has 0 aliphatic heterocycles. The van der Waals surface area contributed by atoms with Gasteiger partial charge in [-0.05, 0) is 18.2 Å². The lowest BCUT2D eigenvalue weighted by Gasteiger charge is -2.09. The molecule has 0 aliphatic rings. The number of carbonyl (C=O) groups excluding carboxylic acids is 1. The Bertz CT molecular complexity index is 521. The lowest BCUT2D eigenvalue weighted by Crippen LogP contribution is -2.13. The zero-order valence-electron chi connectivity index (χ0n) is 9.58. The van der Waals surface area contributed by atoms with Crippen LogP contribution in [-0.4, -0.2) is 29.9 Å². The van der Waals surface area contributed by atoms with Crippen molar-refractivity contribution in [1.29, 1.82) is 0 Å². The minimum absolute atomic E-state index is 0.241. The minimum atomic E-state index is -0.241. The fourth-order valence-electron chi connectivity index (χ4n) is 1.49. The van der Waals surface area contributed by atoms with Crippen LogP contribution in [0.2, 0.25) is 0 Å². The highest BCUT2D eigenvalue weighted by Gasteiger charge is 2.15. The van der Waals surface area contributed by atoms with E-state index in [2.05, 4.69) is 5.10 Å². The second kappa shape index (κ2) is 4.69. The number of methoxy groups -OCH3 is 2. The highest BCUT2D eigenvalue weighted by Crippen LogP contribution is 2.25. The van der Waals surface area contributed by atoms with Gasteiger partial charge in [-0.15, -0.1) is 0 Å². The molecular formula is C12H12N2O3. The maximum atomic E-state index is 12.1. The van der Waals surface area contributed by atoms with E-state index in [0.717, 1.165) is 0 Å². The van der Waals surface area contributed by atoms with Crippen molar-refractivity contribution in [3.8, 4) is 11.5 Å². The van der Waals surface area contributed by atoms with Crippen molar-refractivity contribution in [2.45, 2.75) is 0 Å². The summed E-state index contributed by atoms with van der Waals surface area (Å²) in [4.78, 5) is 12.1. The summed E-state index contributed by atoms with van der Waals surface area (Å²) < 4.78 is 11.5. The molecule has 5 nitrogen and oxygen atoms in total. The predicted octanol–water partition coefficient (Wildman–Crippen LogP) is 1.59. The van der Waals surface area contributed by atoms with Gasteiger partial charge in [0, 0.05) is 18.5 Å². The molecular weight excluding hydrogens is 220 g/mol. The molecule has 0 fully saturated rings. The van der Waals surface area contributed by atoms with Crippen molar-refractivity contribution in [3.05, 3.63) is 42.2 Å². The third kappa shape index (κ3) is 2.13. The Morgan fingerprint density at radius 2 is 2.12 bits per heavy atom. The quantitative estimate of drug-likeness (QED) is 0.806. The van der Waals surface area contributed by atoms with E-state index < -0.39 is 0 Å². The van der Waals surface area contributed by atoms with Crippen LogP contribution in [-0.2, 0) is 0 Å². The Labute approximate surface area is 98.6 Å². The number of ether oxygens (including phenoxy) is 2. The van der Waals surface area contributed by atoms with Crippen LogP contribution in [0.25, 0.3) is 0 Å². The summed E-state index contributed by atoms with van der Waals surface area (Å²) in [6.45, 7) is 0. The van der Waals surface area contributed by atoms with E-state index in [1.165, 1.54) is 11.8 Å². The van der Waals surface area contributed by atoms with Gasteiger partial charge in [-0.1, -0.05) is 0 Å². The second-order valence-electron chi connectivity index (χ2n) is 3.32. The van der Waals surface area contributed by atoms with Gasteiger partial charge in [-0.2, -0.15) is 5.10 Å². The molecule has 5 heteroatoms. The molecule has 0 amide bonds. The predicted molar refractivity (Wildman–Crippen MR) is 61.5 cm³/mol. The monoisotopic (exact) mass is 232 g/mol. The van der Waals surface area contributed by atoms with E-state index in [1.807, 2.05) is 0 Å². The highest BCUT2D eigenvalue weighted by molar-refractivity contribution is 5.98. The average Bonchev–Trinajstić information content (AvgIpc) is 2.91. The molecule has 2 aromatic rings. The maximum absolute atomic E-state index is 12.1. The van der Waals surface area contributed by atoms with Crippen LogP contribution in [0.4, 0.5) is 0 Å². The van der Waals surface area contributed by atoms with Crippen molar-refractivity contribution < 1.29 is 14.3 Å². The van der Waals surface area contributed by atoms with Gasteiger partial charge in [0.15, 0.2) is 0 Å². The van der Waals surface area contributed by atoms with Crippen molar-refractivity contribution in [2.24, 2.45) is 0 Å². The van der Waals surface area contributed by atoms with Crippen LogP contribution in [0, 0.1) is 0 Å². The fraction of sp³-hybridized carbons (Fsp3) is 0.167. The summed E-state index contributed by atoms with van der Waals surface area (Å²) in [7, 11) is 3.07. The molecule has 0 unspecified atom stereocenters. The van der Waals surface area contributed by atoms with Gasteiger partial charge in [0.1, 0.15) is 11.5 Å². The molecule has 1 heterocycles. The number of hydrogen-bond acceptors (Lipinski definition) is 4. The first-order valence-electron chi connectivity index (χ1n) is 5.02. The molecule has 0 N–H and O–H groups in total.